The molecule has 1 unspecified atom stereocenters. The molecule has 0 fully saturated rings. The third-order valence-corrected chi connectivity index (χ3v) is 3.51. The van der Waals surface area contributed by atoms with E-state index in [-0.39, 0.29) is 17.8 Å². The van der Waals surface area contributed by atoms with Crippen molar-refractivity contribution in [1.82, 2.24) is 5.32 Å². The first-order valence-electron chi connectivity index (χ1n) is 6.64. The van der Waals surface area contributed by atoms with Crippen LogP contribution in [-0.4, -0.2) is 13.0 Å². The zero-order valence-electron chi connectivity index (χ0n) is 11.7. The monoisotopic (exact) mass is 286 g/mol. The highest BCUT2D eigenvalue weighted by Gasteiger charge is 2.29. The molecule has 0 radical (unpaired) electrons. The van der Waals surface area contributed by atoms with Crippen LogP contribution in [0.2, 0.25) is 0 Å². The van der Waals surface area contributed by atoms with Gasteiger partial charge < -0.3 is 15.4 Å². The van der Waals surface area contributed by atoms with E-state index in [2.05, 4.69) is 10.6 Å². The van der Waals surface area contributed by atoms with E-state index < -0.39 is 0 Å². The number of carbonyl (C=O) groups is 1. The molecule has 1 heterocycles. The van der Waals surface area contributed by atoms with Crippen molar-refractivity contribution in [3.8, 4) is 11.5 Å². The maximum Gasteiger partial charge on any atom is 0.246 e. The van der Waals surface area contributed by atoms with Gasteiger partial charge in [0, 0.05) is 17.3 Å². The minimum absolute atomic E-state index is 0.0812. The van der Waals surface area contributed by atoms with Gasteiger partial charge in [0.05, 0.1) is 0 Å². The van der Waals surface area contributed by atoms with Crippen LogP contribution >= 0.6 is 0 Å². The first-order valence-corrected chi connectivity index (χ1v) is 6.64. The summed E-state index contributed by atoms with van der Waals surface area (Å²) in [6, 6.07) is 9.66. The number of likely N-dealkylation sites (N-methyl/N-ethyl adjacent to an activating group) is 1. The van der Waals surface area contributed by atoms with Crippen molar-refractivity contribution in [2.45, 2.75) is 13.0 Å². The summed E-state index contributed by atoms with van der Waals surface area (Å²) in [6.45, 7) is 1.68. The Morgan fingerprint density at radius 3 is 2.62 bits per heavy atom. The number of ether oxygens (including phenoxy) is 1. The van der Waals surface area contributed by atoms with Crippen LogP contribution < -0.4 is 15.4 Å². The summed E-state index contributed by atoms with van der Waals surface area (Å²) in [6.07, 6.45) is 0. The molecule has 0 spiro atoms. The lowest BCUT2D eigenvalue weighted by Crippen LogP contribution is -2.23. The second-order valence-electron chi connectivity index (χ2n) is 4.97. The predicted molar refractivity (Wildman–Crippen MR) is 78.1 cm³/mol. The number of fused-ring (bicyclic) bond motifs is 1. The average molecular weight is 286 g/mol. The quantitative estimate of drug-likeness (QED) is 0.911. The van der Waals surface area contributed by atoms with Crippen LogP contribution in [0.15, 0.2) is 36.4 Å². The molecular weight excluding hydrogens is 271 g/mol. The van der Waals surface area contributed by atoms with Crippen LogP contribution in [0.5, 0.6) is 11.5 Å². The third kappa shape index (κ3) is 2.48. The second kappa shape index (κ2) is 5.18. The van der Waals surface area contributed by atoms with Gasteiger partial charge in [-0.05, 0) is 43.8 Å². The number of rotatable bonds is 3. The van der Waals surface area contributed by atoms with Crippen LogP contribution in [0.3, 0.4) is 0 Å². The highest BCUT2D eigenvalue weighted by molar-refractivity contribution is 6.02. The van der Waals surface area contributed by atoms with Crippen molar-refractivity contribution < 1.29 is 13.9 Å². The van der Waals surface area contributed by atoms with Gasteiger partial charge in [-0.1, -0.05) is 6.07 Å². The molecule has 108 valence electrons. The van der Waals surface area contributed by atoms with Gasteiger partial charge in [-0.3, -0.25) is 4.79 Å². The Kier molecular flexibility index (Phi) is 3.35. The molecular formula is C16H15FN2O2. The minimum Gasteiger partial charge on any atom is -0.457 e. The molecule has 1 amide bonds. The lowest BCUT2D eigenvalue weighted by atomic mass is 10.1. The Balaban J connectivity index is 1.87. The number of carbonyl (C=O) groups excluding carboxylic acids is 1. The summed E-state index contributed by atoms with van der Waals surface area (Å²) < 4.78 is 18.9. The van der Waals surface area contributed by atoms with Gasteiger partial charge in [0.2, 0.25) is 5.91 Å². The summed E-state index contributed by atoms with van der Waals surface area (Å²) in [4.78, 5) is 11.8. The van der Waals surface area contributed by atoms with E-state index in [0.29, 0.717) is 17.1 Å². The zero-order chi connectivity index (χ0) is 15.0. The topological polar surface area (TPSA) is 50.4 Å². The number of hydrogen-bond acceptors (Lipinski definition) is 3. The van der Waals surface area contributed by atoms with Crippen molar-refractivity contribution >= 4 is 11.6 Å². The molecule has 0 saturated carbocycles. The van der Waals surface area contributed by atoms with E-state index in [4.69, 9.17) is 4.74 Å². The van der Waals surface area contributed by atoms with Crippen LogP contribution in [0.1, 0.15) is 17.2 Å². The molecule has 5 heteroatoms. The normalized spacial score (nSPS) is 16.5. The Labute approximate surface area is 121 Å². The van der Waals surface area contributed by atoms with E-state index in [0.717, 1.165) is 11.3 Å². The SMILES string of the molecule is CNC1C(=O)Nc2cc(Oc3ccc(F)c(C)c3)ccc21. The molecule has 0 bridgehead atoms. The Hall–Kier alpha value is -2.40. The van der Waals surface area contributed by atoms with Crippen molar-refractivity contribution in [2.75, 3.05) is 12.4 Å². The summed E-state index contributed by atoms with van der Waals surface area (Å²) in [5.74, 6) is 0.808. The van der Waals surface area contributed by atoms with Gasteiger partial charge >= 0.3 is 0 Å². The van der Waals surface area contributed by atoms with Gasteiger partial charge in [-0.2, -0.15) is 0 Å². The molecule has 2 N–H and O–H groups in total. The van der Waals surface area contributed by atoms with Gasteiger partial charge in [-0.15, -0.1) is 0 Å². The number of hydrogen-bond donors (Lipinski definition) is 2. The first-order chi connectivity index (χ1) is 10.1. The largest absolute Gasteiger partial charge is 0.457 e. The fourth-order valence-electron chi connectivity index (χ4n) is 2.41. The average Bonchev–Trinajstić information content (AvgIpc) is 2.77. The smallest absolute Gasteiger partial charge is 0.246 e. The number of amides is 1. The van der Waals surface area contributed by atoms with Crippen molar-refractivity contribution in [2.24, 2.45) is 0 Å². The molecule has 1 atom stereocenters. The van der Waals surface area contributed by atoms with Crippen molar-refractivity contribution in [3.63, 3.8) is 0 Å². The van der Waals surface area contributed by atoms with Crippen LogP contribution in [0.25, 0.3) is 0 Å². The molecule has 21 heavy (non-hydrogen) atoms. The molecule has 1 aliphatic rings. The summed E-state index contributed by atoms with van der Waals surface area (Å²) in [7, 11) is 1.74. The van der Waals surface area contributed by atoms with E-state index in [1.54, 1.807) is 38.2 Å². The van der Waals surface area contributed by atoms with Gasteiger partial charge in [-0.25, -0.2) is 4.39 Å². The summed E-state index contributed by atoms with van der Waals surface area (Å²) in [5, 5.41) is 5.76. The van der Waals surface area contributed by atoms with Gasteiger partial charge in [0.25, 0.3) is 0 Å². The number of halogens is 1. The Bertz CT molecular complexity index is 715. The lowest BCUT2D eigenvalue weighted by Gasteiger charge is -2.09. The first kappa shape index (κ1) is 13.6. The maximum absolute atomic E-state index is 13.2. The van der Waals surface area contributed by atoms with E-state index in [1.807, 2.05) is 6.07 Å². The highest BCUT2D eigenvalue weighted by Crippen LogP contribution is 2.35. The molecule has 2 aromatic carbocycles. The molecule has 0 saturated heterocycles. The van der Waals surface area contributed by atoms with E-state index in [9.17, 15) is 9.18 Å². The van der Waals surface area contributed by atoms with Crippen LogP contribution in [-0.2, 0) is 4.79 Å². The molecule has 0 aliphatic carbocycles. The van der Waals surface area contributed by atoms with Crippen molar-refractivity contribution in [1.29, 1.82) is 0 Å². The molecule has 4 nitrogen and oxygen atoms in total. The van der Waals surface area contributed by atoms with E-state index in [1.165, 1.54) is 6.07 Å². The molecule has 1 aliphatic heterocycles. The lowest BCUT2D eigenvalue weighted by molar-refractivity contribution is -0.117. The number of benzene rings is 2. The standard InChI is InChI=1S/C16H15FN2O2/c1-9-7-10(4-6-13(9)17)21-11-3-5-12-14(8-11)19-16(20)15(12)18-2/h3-8,15,18H,1-2H3,(H,19,20). The third-order valence-electron chi connectivity index (χ3n) is 3.51. The molecule has 0 aromatic heterocycles. The van der Waals surface area contributed by atoms with Gasteiger partial charge in [0.1, 0.15) is 23.4 Å². The predicted octanol–water partition coefficient (Wildman–Crippen LogP) is 3.14. The van der Waals surface area contributed by atoms with E-state index >= 15 is 0 Å². The Morgan fingerprint density at radius 1 is 1.19 bits per heavy atom. The fraction of sp³-hybridized carbons (Fsp3) is 0.188. The number of nitrogens with one attached hydrogen (secondary N) is 2. The zero-order valence-corrected chi connectivity index (χ0v) is 11.7. The fourth-order valence-corrected chi connectivity index (χ4v) is 2.41. The summed E-state index contributed by atoms with van der Waals surface area (Å²) >= 11 is 0. The minimum atomic E-state index is -0.331. The number of aryl methyl sites for hydroxylation is 1. The molecule has 3 rings (SSSR count). The summed E-state index contributed by atoms with van der Waals surface area (Å²) in [5.41, 5.74) is 2.15. The maximum atomic E-state index is 13.2. The van der Waals surface area contributed by atoms with Crippen molar-refractivity contribution in [3.05, 3.63) is 53.3 Å². The number of anilines is 1. The highest BCUT2D eigenvalue weighted by atomic mass is 19.1. The molecule has 2 aromatic rings. The van der Waals surface area contributed by atoms with Crippen LogP contribution in [0.4, 0.5) is 10.1 Å². The second-order valence-corrected chi connectivity index (χ2v) is 4.97. The Morgan fingerprint density at radius 2 is 1.90 bits per heavy atom. The van der Waals surface area contributed by atoms with Crippen LogP contribution in [0, 0.1) is 12.7 Å². The van der Waals surface area contributed by atoms with Gasteiger partial charge in [0.15, 0.2) is 0 Å².